The average Bonchev–Trinajstić information content (AvgIpc) is 3.16. The van der Waals surface area contributed by atoms with Crippen LogP contribution in [0, 0.1) is 0 Å². The molecular formula is C22H15N3. The summed E-state index contributed by atoms with van der Waals surface area (Å²) in [5, 5.41) is 18.4. The molecule has 3 heteroatoms. The highest BCUT2D eigenvalue weighted by atomic mass is 15.3. The van der Waals surface area contributed by atoms with Gasteiger partial charge < -0.3 is 0 Å². The van der Waals surface area contributed by atoms with Gasteiger partial charge in [-0.25, -0.2) is 0 Å². The smallest absolute Gasteiger partial charge is 0.112 e. The summed E-state index contributed by atoms with van der Waals surface area (Å²) in [5.41, 5.74) is 1.83. The maximum absolute atomic E-state index is 3.88. The van der Waals surface area contributed by atoms with Gasteiger partial charge in [-0.3, -0.25) is 0 Å². The van der Waals surface area contributed by atoms with E-state index in [0.29, 0.717) is 0 Å². The summed E-state index contributed by atoms with van der Waals surface area (Å²) in [6.45, 7) is 0. The first-order chi connectivity index (χ1) is 12.4. The van der Waals surface area contributed by atoms with Crippen molar-refractivity contribution >= 4 is 43.4 Å². The summed E-state index contributed by atoms with van der Waals surface area (Å²) in [6, 6.07) is 29.6. The first kappa shape index (κ1) is 13.9. The molecule has 0 aliphatic heterocycles. The lowest BCUT2D eigenvalue weighted by Crippen LogP contribution is -1.82. The van der Waals surface area contributed by atoms with Gasteiger partial charge in [-0.2, -0.15) is 15.4 Å². The number of rotatable bonds is 0. The van der Waals surface area contributed by atoms with Gasteiger partial charge in [-0.15, -0.1) is 0 Å². The summed E-state index contributed by atoms with van der Waals surface area (Å²) in [5.74, 6) is 0. The van der Waals surface area contributed by atoms with Gasteiger partial charge in [0.1, 0.15) is 11.0 Å². The summed E-state index contributed by atoms with van der Waals surface area (Å²) < 4.78 is 0. The fraction of sp³-hybridized carbons (Fsp3) is 0. The fourth-order valence-electron chi connectivity index (χ4n) is 3.46. The minimum atomic E-state index is 0.914. The molecule has 0 spiro atoms. The van der Waals surface area contributed by atoms with Gasteiger partial charge in [0.05, 0.1) is 0 Å². The molecule has 6 aromatic rings. The van der Waals surface area contributed by atoms with Gasteiger partial charge in [0, 0.05) is 0 Å². The number of aromatic nitrogens is 3. The molecular weight excluding hydrogens is 306 g/mol. The molecule has 0 bridgehead atoms. The molecule has 0 amide bonds. The van der Waals surface area contributed by atoms with Gasteiger partial charge in [-0.05, 0) is 44.5 Å². The molecule has 5 aromatic carbocycles. The second kappa shape index (κ2) is 5.56. The molecule has 0 radical (unpaired) electrons. The van der Waals surface area contributed by atoms with E-state index >= 15 is 0 Å². The van der Waals surface area contributed by atoms with Crippen LogP contribution in [0.4, 0.5) is 0 Å². The molecule has 0 aliphatic carbocycles. The molecule has 0 saturated heterocycles. The Bertz CT molecular complexity index is 1140. The first-order valence-electron chi connectivity index (χ1n) is 8.28. The topological polar surface area (TPSA) is 41.6 Å². The summed E-state index contributed by atoms with van der Waals surface area (Å²) in [7, 11) is 0. The van der Waals surface area contributed by atoms with Crippen molar-refractivity contribution in [2.24, 2.45) is 0 Å². The quantitative estimate of drug-likeness (QED) is 0.373. The van der Waals surface area contributed by atoms with E-state index in [-0.39, 0.29) is 0 Å². The van der Waals surface area contributed by atoms with Crippen LogP contribution in [-0.4, -0.2) is 15.4 Å². The lowest BCUT2D eigenvalue weighted by atomic mass is 9.95. The third-order valence-corrected chi connectivity index (χ3v) is 4.62. The lowest BCUT2D eigenvalue weighted by Gasteiger charge is -2.09. The number of nitrogens with one attached hydrogen (secondary N) is 1. The zero-order valence-corrected chi connectivity index (χ0v) is 13.5. The summed E-state index contributed by atoms with van der Waals surface area (Å²) in [6.07, 6.45) is 0. The highest BCUT2D eigenvalue weighted by Crippen LogP contribution is 2.33. The Labute approximate surface area is 144 Å². The molecule has 0 unspecified atom stereocenters. The molecule has 1 aromatic heterocycles. The molecule has 118 valence electrons. The Kier molecular flexibility index (Phi) is 3.10. The molecule has 0 atom stereocenters. The molecule has 1 N–H and O–H groups in total. The van der Waals surface area contributed by atoms with Crippen molar-refractivity contribution in [1.82, 2.24) is 15.4 Å². The molecule has 6 rings (SSSR count). The van der Waals surface area contributed by atoms with E-state index in [1.165, 1.54) is 32.3 Å². The van der Waals surface area contributed by atoms with Crippen molar-refractivity contribution in [1.29, 1.82) is 0 Å². The van der Waals surface area contributed by atoms with E-state index in [0.717, 1.165) is 11.0 Å². The van der Waals surface area contributed by atoms with Crippen LogP contribution in [0.5, 0.6) is 0 Å². The fourth-order valence-corrected chi connectivity index (χ4v) is 3.46. The Morgan fingerprint density at radius 2 is 0.840 bits per heavy atom. The number of fused-ring (bicyclic) bond motifs is 1. The molecule has 0 fully saturated rings. The zero-order chi connectivity index (χ0) is 16.6. The van der Waals surface area contributed by atoms with E-state index in [1.54, 1.807) is 0 Å². The minimum Gasteiger partial charge on any atom is -0.197 e. The van der Waals surface area contributed by atoms with E-state index in [4.69, 9.17) is 0 Å². The van der Waals surface area contributed by atoms with Gasteiger partial charge in [0.15, 0.2) is 0 Å². The molecule has 1 heterocycles. The Morgan fingerprint density at radius 3 is 1.24 bits per heavy atom. The van der Waals surface area contributed by atoms with Gasteiger partial charge >= 0.3 is 0 Å². The highest BCUT2D eigenvalue weighted by Gasteiger charge is 2.05. The number of hydrogen-bond donors (Lipinski definition) is 1. The number of para-hydroxylation sites is 2. The molecule has 0 aliphatic rings. The second-order valence-electron chi connectivity index (χ2n) is 6.10. The van der Waals surface area contributed by atoms with E-state index in [9.17, 15) is 0 Å². The van der Waals surface area contributed by atoms with Crippen LogP contribution in [0.2, 0.25) is 0 Å². The Balaban J connectivity index is 0.000000132. The van der Waals surface area contributed by atoms with Crippen LogP contribution < -0.4 is 0 Å². The maximum atomic E-state index is 3.88. The van der Waals surface area contributed by atoms with Gasteiger partial charge in [-0.1, -0.05) is 72.8 Å². The summed E-state index contributed by atoms with van der Waals surface area (Å²) >= 11 is 0. The monoisotopic (exact) mass is 321 g/mol. The normalized spacial score (nSPS) is 11.2. The van der Waals surface area contributed by atoms with Crippen LogP contribution >= 0.6 is 0 Å². The molecule has 25 heavy (non-hydrogen) atoms. The highest BCUT2D eigenvalue weighted by molar-refractivity contribution is 6.22. The average molecular weight is 321 g/mol. The van der Waals surface area contributed by atoms with Gasteiger partial charge in [0.25, 0.3) is 0 Å². The Morgan fingerprint density at radius 1 is 0.440 bits per heavy atom. The third kappa shape index (κ3) is 2.29. The summed E-state index contributed by atoms with van der Waals surface area (Å²) in [4.78, 5) is 0. The predicted molar refractivity (Wildman–Crippen MR) is 104 cm³/mol. The van der Waals surface area contributed by atoms with Crippen LogP contribution in [0.15, 0.2) is 84.9 Å². The maximum Gasteiger partial charge on any atom is 0.112 e. The van der Waals surface area contributed by atoms with E-state index in [1.807, 2.05) is 24.3 Å². The number of aromatic amines is 1. The SMILES string of the molecule is c1cc2ccc3cccc4ccc(c1)c2c34.c1ccc2n[nH]nc2c1. The first-order valence-corrected chi connectivity index (χ1v) is 8.28. The van der Waals surface area contributed by atoms with Crippen molar-refractivity contribution in [3.05, 3.63) is 84.9 Å². The van der Waals surface area contributed by atoms with Crippen LogP contribution in [-0.2, 0) is 0 Å². The van der Waals surface area contributed by atoms with Crippen molar-refractivity contribution in [3.63, 3.8) is 0 Å². The molecule has 3 nitrogen and oxygen atoms in total. The second-order valence-corrected chi connectivity index (χ2v) is 6.10. The zero-order valence-electron chi connectivity index (χ0n) is 13.5. The molecule has 0 saturated carbocycles. The number of H-pyrrole nitrogens is 1. The standard InChI is InChI=1S/C16H10.C6H5N3/c1-3-11-7-9-13-5-2-6-14-10-8-12(4-1)15(11)16(13)14;1-2-4-6-5(3-1)7-9-8-6/h1-10H;1-4H,(H,7,8,9). The number of hydrogen-bond acceptors (Lipinski definition) is 2. The minimum absolute atomic E-state index is 0.914. The van der Waals surface area contributed by atoms with E-state index < -0.39 is 0 Å². The van der Waals surface area contributed by atoms with E-state index in [2.05, 4.69) is 76.1 Å². The van der Waals surface area contributed by atoms with Crippen molar-refractivity contribution in [2.45, 2.75) is 0 Å². The third-order valence-electron chi connectivity index (χ3n) is 4.62. The van der Waals surface area contributed by atoms with Gasteiger partial charge in [0.2, 0.25) is 0 Å². The van der Waals surface area contributed by atoms with Crippen LogP contribution in [0.3, 0.4) is 0 Å². The van der Waals surface area contributed by atoms with Crippen LogP contribution in [0.1, 0.15) is 0 Å². The number of benzene rings is 5. The lowest BCUT2D eigenvalue weighted by molar-refractivity contribution is 0.959. The van der Waals surface area contributed by atoms with Crippen molar-refractivity contribution in [2.75, 3.05) is 0 Å². The Hall–Kier alpha value is -3.46. The van der Waals surface area contributed by atoms with Crippen LogP contribution in [0.25, 0.3) is 43.4 Å². The number of nitrogens with zero attached hydrogens (tertiary/aromatic N) is 2. The van der Waals surface area contributed by atoms with Crippen molar-refractivity contribution in [3.8, 4) is 0 Å². The predicted octanol–water partition coefficient (Wildman–Crippen LogP) is 5.54. The largest absolute Gasteiger partial charge is 0.197 e. The van der Waals surface area contributed by atoms with Crippen molar-refractivity contribution < 1.29 is 0 Å².